The molecular formula is C19H24N4O5S. The van der Waals surface area contributed by atoms with Gasteiger partial charge in [0.25, 0.3) is 5.22 Å². The Hall–Kier alpha value is -2.59. The molecule has 0 saturated carbocycles. The van der Waals surface area contributed by atoms with Gasteiger partial charge in [0.05, 0.1) is 32.1 Å². The Kier molecular flexibility index (Phi) is 7.48. The minimum absolute atomic E-state index is 0.0423. The summed E-state index contributed by atoms with van der Waals surface area (Å²) in [5, 5.41) is 8.29. The molecule has 0 aliphatic carbocycles. The van der Waals surface area contributed by atoms with Crippen LogP contribution in [0.15, 0.2) is 33.9 Å². The third-order valence-corrected chi connectivity index (χ3v) is 5.10. The van der Waals surface area contributed by atoms with Crippen LogP contribution in [-0.4, -0.2) is 84.1 Å². The first-order valence-corrected chi connectivity index (χ1v) is 10.3. The van der Waals surface area contributed by atoms with Crippen LogP contribution in [0, 0.1) is 0 Å². The SMILES string of the molecule is CCOc1ccc(-c2nnc(SCC(=O)N(C)CC(=O)N3CCOCC3)o2)cc1. The molecule has 1 aromatic heterocycles. The Labute approximate surface area is 173 Å². The first-order valence-electron chi connectivity index (χ1n) is 9.36. The van der Waals surface area contributed by atoms with E-state index < -0.39 is 0 Å². The molecule has 0 bridgehead atoms. The first-order chi connectivity index (χ1) is 14.1. The molecule has 1 aliphatic heterocycles. The largest absolute Gasteiger partial charge is 0.494 e. The van der Waals surface area contributed by atoms with Crippen LogP contribution in [0.1, 0.15) is 6.92 Å². The zero-order chi connectivity index (χ0) is 20.6. The van der Waals surface area contributed by atoms with Crippen molar-refractivity contribution in [3.8, 4) is 17.2 Å². The lowest BCUT2D eigenvalue weighted by atomic mass is 10.2. The predicted molar refractivity (Wildman–Crippen MR) is 107 cm³/mol. The topological polar surface area (TPSA) is 98.0 Å². The summed E-state index contributed by atoms with van der Waals surface area (Å²) in [5.41, 5.74) is 0.771. The Balaban J connectivity index is 1.48. The van der Waals surface area contributed by atoms with Crippen LogP contribution >= 0.6 is 11.8 Å². The van der Waals surface area contributed by atoms with Gasteiger partial charge in [-0.05, 0) is 31.2 Å². The number of thioether (sulfide) groups is 1. The molecule has 3 rings (SSSR count). The molecule has 1 aliphatic rings. The Bertz CT molecular complexity index is 820. The summed E-state index contributed by atoms with van der Waals surface area (Å²) < 4.78 is 16.3. The predicted octanol–water partition coefficient (Wildman–Crippen LogP) is 1.54. The maximum atomic E-state index is 12.3. The van der Waals surface area contributed by atoms with Crippen molar-refractivity contribution in [3.63, 3.8) is 0 Å². The van der Waals surface area contributed by atoms with Crippen molar-refractivity contribution >= 4 is 23.6 Å². The highest BCUT2D eigenvalue weighted by atomic mass is 32.2. The first kappa shape index (κ1) is 21.1. The van der Waals surface area contributed by atoms with Crippen molar-refractivity contribution in [2.45, 2.75) is 12.1 Å². The second-order valence-corrected chi connectivity index (χ2v) is 7.29. The van der Waals surface area contributed by atoms with Gasteiger partial charge in [0.2, 0.25) is 17.7 Å². The highest BCUT2D eigenvalue weighted by molar-refractivity contribution is 7.99. The fourth-order valence-corrected chi connectivity index (χ4v) is 3.39. The highest BCUT2D eigenvalue weighted by Gasteiger charge is 2.21. The average molecular weight is 420 g/mol. The van der Waals surface area contributed by atoms with Crippen LogP contribution in [0.4, 0.5) is 0 Å². The number of benzene rings is 1. The molecule has 0 unspecified atom stereocenters. The van der Waals surface area contributed by atoms with E-state index in [1.165, 1.54) is 4.90 Å². The summed E-state index contributed by atoms with van der Waals surface area (Å²) in [4.78, 5) is 27.7. The number of carbonyl (C=O) groups excluding carboxylic acids is 2. The van der Waals surface area contributed by atoms with E-state index >= 15 is 0 Å². The maximum absolute atomic E-state index is 12.3. The molecule has 1 aromatic carbocycles. The van der Waals surface area contributed by atoms with Crippen molar-refractivity contribution in [1.82, 2.24) is 20.0 Å². The molecule has 2 aromatic rings. The number of morpholine rings is 1. The Morgan fingerprint density at radius 1 is 1.21 bits per heavy atom. The van der Waals surface area contributed by atoms with Gasteiger partial charge in [-0.25, -0.2) is 0 Å². The smallest absolute Gasteiger partial charge is 0.277 e. The minimum Gasteiger partial charge on any atom is -0.494 e. The number of amides is 2. The van der Waals surface area contributed by atoms with Crippen LogP contribution in [-0.2, 0) is 14.3 Å². The zero-order valence-corrected chi connectivity index (χ0v) is 17.3. The number of hydrogen-bond acceptors (Lipinski definition) is 8. The van der Waals surface area contributed by atoms with Crippen molar-refractivity contribution in [2.24, 2.45) is 0 Å². The highest BCUT2D eigenvalue weighted by Crippen LogP contribution is 2.25. The van der Waals surface area contributed by atoms with Crippen LogP contribution in [0.25, 0.3) is 11.5 Å². The summed E-state index contributed by atoms with van der Waals surface area (Å²) in [5.74, 6) is 0.990. The third-order valence-electron chi connectivity index (χ3n) is 4.30. The second-order valence-electron chi connectivity index (χ2n) is 6.36. The summed E-state index contributed by atoms with van der Waals surface area (Å²) in [7, 11) is 1.61. The Morgan fingerprint density at radius 3 is 2.62 bits per heavy atom. The zero-order valence-electron chi connectivity index (χ0n) is 16.5. The van der Waals surface area contributed by atoms with Crippen molar-refractivity contribution < 1.29 is 23.5 Å². The van der Waals surface area contributed by atoms with Crippen LogP contribution in [0.2, 0.25) is 0 Å². The van der Waals surface area contributed by atoms with Crippen LogP contribution in [0.5, 0.6) is 5.75 Å². The van der Waals surface area contributed by atoms with Gasteiger partial charge >= 0.3 is 0 Å². The lowest BCUT2D eigenvalue weighted by Crippen LogP contribution is -2.46. The molecule has 0 N–H and O–H groups in total. The summed E-state index contributed by atoms with van der Waals surface area (Å²) in [6, 6.07) is 7.34. The number of carbonyl (C=O) groups is 2. The van der Waals surface area contributed by atoms with Gasteiger partial charge < -0.3 is 23.7 Å². The van der Waals surface area contributed by atoms with Gasteiger partial charge in [-0.15, -0.1) is 10.2 Å². The molecule has 1 saturated heterocycles. The van der Waals surface area contributed by atoms with Gasteiger partial charge in [0.15, 0.2) is 0 Å². The van der Waals surface area contributed by atoms with Crippen molar-refractivity contribution in [2.75, 3.05) is 52.3 Å². The minimum atomic E-state index is -0.183. The lowest BCUT2D eigenvalue weighted by molar-refractivity contribution is -0.140. The molecule has 0 atom stereocenters. The molecule has 2 amide bonds. The lowest BCUT2D eigenvalue weighted by Gasteiger charge is -2.28. The van der Waals surface area contributed by atoms with E-state index in [9.17, 15) is 9.59 Å². The Morgan fingerprint density at radius 2 is 1.93 bits per heavy atom. The molecule has 9 nitrogen and oxygen atoms in total. The number of rotatable bonds is 8. The third kappa shape index (κ3) is 5.94. The summed E-state index contributed by atoms with van der Waals surface area (Å²) >= 11 is 1.15. The molecule has 0 spiro atoms. The maximum Gasteiger partial charge on any atom is 0.277 e. The monoisotopic (exact) mass is 420 g/mol. The number of nitrogens with zero attached hydrogens (tertiary/aromatic N) is 4. The summed E-state index contributed by atoms with van der Waals surface area (Å²) in [6.45, 7) is 4.76. The molecule has 156 valence electrons. The molecular weight excluding hydrogens is 396 g/mol. The molecule has 0 radical (unpaired) electrons. The second kappa shape index (κ2) is 10.3. The van der Waals surface area contributed by atoms with E-state index in [4.69, 9.17) is 13.9 Å². The normalized spacial score (nSPS) is 13.9. The fourth-order valence-electron chi connectivity index (χ4n) is 2.68. The van der Waals surface area contributed by atoms with Gasteiger partial charge in [0, 0.05) is 25.7 Å². The number of likely N-dealkylation sites (N-methyl/N-ethyl adjacent to an activating group) is 1. The summed E-state index contributed by atoms with van der Waals surface area (Å²) in [6.07, 6.45) is 0. The van der Waals surface area contributed by atoms with Gasteiger partial charge in [-0.1, -0.05) is 11.8 Å². The number of hydrogen-bond donors (Lipinski definition) is 0. The van der Waals surface area contributed by atoms with E-state index in [0.717, 1.165) is 23.1 Å². The van der Waals surface area contributed by atoms with Crippen molar-refractivity contribution in [3.05, 3.63) is 24.3 Å². The van der Waals surface area contributed by atoms with E-state index in [1.807, 2.05) is 31.2 Å². The van der Waals surface area contributed by atoms with E-state index in [1.54, 1.807) is 11.9 Å². The fraction of sp³-hybridized carbons (Fsp3) is 0.474. The molecule has 29 heavy (non-hydrogen) atoms. The van der Waals surface area contributed by atoms with Gasteiger partial charge in [-0.2, -0.15) is 0 Å². The van der Waals surface area contributed by atoms with Crippen LogP contribution < -0.4 is 4.74 Å². The number of aromatic nitrogens is 2. The van der Waals surface area contributed by atoms with Crippen molar-refractivity contribution in [1.29, 1.82) is 0 Å². The van der Waals surface area contributed by atoms with E-state index in [2.05, 4.69) is 10.2 Å². The standard InChI is InChI=1S/C19H24N4O5S/c1-3-27-15-6-4-14(5-7-15)18-20-21-19(28-18)29-13-17(25)22(2)12-16(24)23-8-10-26-11-9-23/h4-7H,3,8-13H2,1-2H3. The van der Waals surface area contributed by atoms with Crippen LogP contribution in [0.3, 0.4) is 0 Å². The van der Waals surface area contributed by atoms with Gasteiger partial charge in [0.1, 0.15) is 5.75 Å². The van der Waals surface area contributed by atoms with Gasteiger partial charge in [-0.3, -0.25) is 9.59 Å². The van der Waals surface area contributed by atoms with E-state index in [0.29, 0.717) is 44.0 Å². The molecule has 2 heterocycles. The molecule has 10 heteroatoms. The molecule has 1 fully saturated rings. The average Bonchev–Trinajstić information content (AvgIpc) is 3.22. The quantitative estimate of drug-likeness (QED) is 0.593. The van der Waals surface area contributed by atoms with E-state index in [-0.39, 0.29) is 24.1 Å². The number of ether oxygens (including phenoxy) is 2.